The smallest absolute Gasteiger partial charge is 0.407 e. The number of hydrogen-bond donors (Lipinski definition) is 1. The van der Waals surface area contributed by atoms with Crippen LogP contribution < -0.4 is 5.32 Å². The molecule has 0 aliphatic carbocycles. The summed E-state index contributed by atoms with van der Waals surface area (Å²) < 4.78 is 12.3. The van der Waals surface area contributed by atoms with Gasteiger partial charge >= 0.3 is 12.1 Å². The first kappa shape index (κ1) is 23.3. The predicted molar refractivity (Wildman–Crippen MR) is 124 cm³/mol. The molecule has 1 N–H and O–H groups in total. The number of esters is 1. The van der Waals surface area contributed by atoms with Crippen molar-refractivity contribution in [2.75, 3.05) is 13.7 Å². The summed E-state index contributed by atoms with van der Waals surface area (Å²) in [5.41, 5.74) is 2.90. The summed E-state index contributed by atoms with van der Waals surface area (Å²) >= 11 is 0. The number of ether oxygens (including phenoxy) is 2. The predicted octanol–water partition coefficient (Wildman–Crippen LogP) is 4.72. The Balaban J connectivity index is 1.73. The van der Waals surface area contributed by atoms with E-state index >= 15 is 0 Å². The van der Waals surface area contributed by atoms with Crippen molar-refractivity contribution in [3.05, 3.63) is 65.5 Å². The Morgan fingerprint density at radius 1 is 1.06 bits per heavy atom. The zero-order chi connectivity index (χ0) is 23.1. The number of imidazole rings is 1. The van der Waals surface area contributed by atoms with Gasteiger partial charge in [0.25, 0.3) is 0 Å². The molecule has 0 unspecified atom stereocenters. The first-order chi connectivity index (χ1) is 15.3. The van der Waals surface area contributed by atoms with E-state index in [1.807, 2.05) is 51.1 Å². The third kappa shape index (κ3) is 6.33. The number of methoxy groups -OCH3 is 1. The van der Waals surface area contributed by atoms with Crippen molar-refractivity contribution >= 4 is 23.1 Å². The molecule has 170 valence electrons. The number of aryl methyl sites for hydroxylation is 1. The van der Waals surface area contributed by atoms with E-state index in [0.29, 0.717) is 18.7 Å². The number of rotatable bonds is 8. The van der Waals surface area contributed by atoms with Gasteiger partial charge in [0.1, 0.15) is 11.4 Å². The van der Waals surface area contributed by atoms with Crippen LogP contribution in [0, 0.1) is 0 Å². The summed E-state index contributed by atoms with van der Waals surface area (Å²) in [4.78, 5) is 28.6. The Labute approximate surface area is 188 Å². The van der Waals surface area contributed by atoms with Crippen LogP contribution >= 0.6 is 0 Å². The Morgan fingerprint density at radius 3 is 2.50 bits per heavy atom. The minimum absolute atomic E-state index is 0.367. The van der Waals surface area contributed by atoms with Crippen molar-refractivity contribution in [1.82, 2.24) is 14.9 Å². The largest absolute Gasteiger partial charge is 0.465 e. The maximum absolute atomic E-state index is 12.0. The number of aromatic nitrogens is 2. The lowest BCUT2D eigenvalue weighted by atomic mass is 10.2. The molecule has 0 aliphatic rings. The minimum atomic E-state index is -0.505. The van der Waals surface area contributed by atoms with E-state index in [2.05, 4.69) is 22.0 Å². The summed E-state index contributed by atoms with van der Waals surface area (Å²) in [6.45, 7) is 6.73. The van der Waals surface area contributed by atoms with Gasteiger partial charge in [0.05, 0.1) is 23.7 Å². The van der Waals surface area contributed by atoms with E-state index in [9.17, 15) is 9.59 Å². The Hall–Kier alpha value is -3.35. The quantitative estimate of drug-likeness (QED) is 0.407. The van der Waals surface area contributed by atoms with E-state index in [0.717, 1.165) is 41.7 Å². The molecule has 7 nitrogen and oxygen atoms in total. The van der Waals surface area contributed by atoms with E-state index in [1.54, 1.807) is 6.07 Å². The molecule has 1 heterocycles. The van der Waals surface area contributed by atoms with Gasteiger partial charge in [-0.3, -0.25) is 0 Å². The van der Waals surface area contributed by atoms with Gasteiger partial charge in [-0.2, -0.15) is 0 Å². The van der Waals surface area contributed by atoms with Crippen LogP contribution in [-0.4, -0.2) is 40.9 Å². The molecule has 0 saturated heterocycles. The topological polar surface area (TPSA) is 82.4 Å². The van der Waals surface area contributed by atoms with Gasteiger partial charge in [-0.15, -0.1) is 0 Å². The number of nitrogens with one attached hydrogen (secondary N) is 1. The second kappa shape index (κ2) is 10.3. The van der Waals surface area contributed by atoms with Crippen LogP contribution in [0.3, 0.4) is 0 Å². The Bertz CT molecular complexity index is 1070. The molecule has 0 radical (unpaired) electrons. The zero-order valence-electron chi connectivity index (χ0n) is 19.2. The molecule has 3 aromatic rings. The Morgan fingerprint density at radius 2 is 1.81 bits per heavy atom. The summed E-state index contributed by atoms with van der Waals surface area (Å²) in [6, 6.07) is 15.6. The molecular weight excluding hydrogens is 406 g/mol. The fourth-order valence-electron chi connectivity index (χ4n) is 3.46. The van der Waals surface area contributed by atoms with Crippen molar-refractivity contribution in [2.24, 2.45) is 0 Å². The fourth-order valence-corrected chi connectivity index (χ4v) is 3.46. The first-order valence-corrected chi connectivity index (χ1v) is 10.8. The highest BCUT2D eigenvalue weighted by Crippen LogP contribution is 2.21. The molecule has 1 aromatic heterocycles. The molecule has 3 rings (SSSR count). The Kier molecular flexibility index (Phi) is 7.51. The summed E-state index contributed by atoms with van der Waals surface area (Å²) in [5.74, 6) is 0.581. The highest BCUT2D eigenvalue weighted by molar-refractivity contribution is 5.93. The van der Waals surface area contributed by atoms with Crippen LogP contribution in [0.15, 0.2) is 48.5 Å². The number of benzene rings is 2. The maximum Gasteiger partial charge on any atom is 0.407 e. The monoisotopic (exact) mass is 437 g/mol. The van der Waals surface area contributed by atoms with Gasteiger partial charge < -0.3 is 19.4 Å². The number of nitrogens with zero attached hydrogens (tertiary/aromatic N) is 2. The molecule has 2 aromatic carbocycles. The van der Waals surface area contributed by atoms with E-state index < -0.39 is 11.7 Å². The van der Waals surface area contributed by atoms with Crippen LogP contribution in [0.1, 0.15) is 55.4 Å². The first-order valence-electron chi connectivity index (χ1n) is 10.8. The molecule has 32 heavy (non-hydrogen) atoms. The number of carbonyl (C=O) groups is 2. The van der Waals surface area contributed by atoms with E-state index in [1.165, 1.54) is 7.11 Å². The average Bonchev–Trinajstić information content (AvgIpc) is 3.09. The van der Waals surface area contributed by atoms with Gasteiger partial charge in [-0.1, -0.05) is 30.3 Å². The highest BCUT2D eigenvalue weighted by Gasteiger charge is 2.16. The third-order valence-corrected chi connectivity index (χ3v) is 4.93. The molecule has 0 saturated carbocycles. The normalized spacial score (nSPS) is 11.4. The highest BCUT2D eigenvalue weighted by atomic mass is 16.6. The second-order valence-corrected chi connectivity index (χ2v) is 8.68. The molecule has 0 spiro atoms. The van der Waals surface area contributed by atoms with E-state index in [4.69, 9.17) is 14.5 Å². The SMILES string of the molecule is COC(=O)c1ccc2nc(CCCCNC(=O)OC(C)(C)C)n(Cc3ccccc3)c2c1. The summed E-state index contributed by atoms with van der Waals surface area (Å²) in [7, 11) is 1.38. The second-order valence-electron chi connectivity index (χ2n) is 8.68. The number of amides is 1. The van der Waals surface area contributed by atoms with Crippen LogP contribution in [0.5, 0.6) is 0 Å². The molecule has 0 aliphatic heterocycles. The minimum Gasteiger partial charge on any atom is -0.465 e. The number of unbranched alkanes of at least 4 members (excludes halogenated alkanes) is 1. The molecule has 0 fully saturated rings. The fraction of sp³-hybridized carbons (Fsp3) is 0.400. The van der Waals surface area contributed by atoms with Gasteiger partial charge in [0.15, 0.2) is 0 Å². The summed E-state index contributed by atoms with van der Waals surface area (Å²) in [6.07, 6.45) is 2.02. The maximum atomic E-state index is 12.0. The van der Waals surface area contributed by atoms with Gasteiger partial charge in [0, 0.05) is 19.5 Å². The zero-order valence-corrected chi connectivity index (χ0v) is 19.2. The average molecular weight is 438 g/mol. The molecule has 1 amide bonds. The van der Waals surface area contributed by atoms with Crippen molar-refractivity contribution in [2.45, 2.75) is 52.2 Å². The van der Waals surface area contributed by atoms with Gasteiger partial charge in [0.2, 0.25) is 0 Å². The van der Waals surface area contributed by atoms with Crippen LogP contribution in [0.4, 0.5) is 4.79 Å². The van der Waals surface area contributed by atoms with Gasteiger partial charge in [-0.05, 0) is 57.4 Å². The van der Waals surface area contributed by atoms with Crippen molar-refractivity contribution < 1.29 is 19.1 Å². The number of hydrogen-bond acceptors (Lipinski definition) is 5. The third-order valence-electron chi connectivity index (χ3n) is 4.93. The molecule has 7 heteroatoms. The van der Waals surface area contributed by atoms with E-state index in [-0.39, 0.29) is 5.97 Å². The lowest BCUT2D eigenvalue weighted by Gasteiger charge is -2.19. The number of carbonyl (C=O) groups excluding carboxylic acids is 2. The van der Waals surface area contributed by atoms with Crippen LogP contribution in [0.2, 0.25) is 0 Å². The number of alkyl carbamates (subject to hydrolysis) is 1. The lowest BCUT2D eigenvalue weighted by molar-refractivity contribution is 0.0525. The standard InChI is InChI=1S/C25H31N3O4/c1-25(2,3)32-24(30)26-15-9-8-12-22-27-20-14-13-19(23(29)31-4)16-21(20)28(22)17-18-10-6-5-7-11-18/h5-7,10-11,13-14,16H,8-9,12,15,17H2,1-4H3,(H,26,30). The van der Waals surface area contributed by atoms with Gasteiger partial charge in [-0.25, -0.2) is 14.6 Å². The van der Waals surface area contributed by atoms with Crippen molar-refractivity contribution in [3.63, 3.8) is 0 Å². The molecule has 0 atom stereocenters. The molecular formula is C25H31N3O4. The van der Waals surface area contributed by atoms with Crippen molar-refractivity contribution in [3.8, 4) is 0 Å². The summed E-state index contributed by atoms with van der Waals surface area (Å²) in [5, 5.41) is 2.79. The lowest BCUT2D eigenvalue weighted by Crippen LogP contribution is -2.33. The van der Waals surface area contributed by atoms with Crippen LogP contribution in [-0.2, 0) is 22.4 Å². The number of fused-ring (bicyclic) bond motifs is 1. The van der Waals surface area contributed by atoms with Crippen LogP contribution in [0.25, 0.3) is 11.0 Å². The molecule has 0 bridgehead atoms. The van der Waals surface area contributed by atoms with Crippen molar-refractivity contribution in [1.29, 1.82) is 0 Å².